The van der Waals surface area contributed by atoms with E-state index in [4.69, 9.17) is 9.73 Å². The minimum atomic E-state index is 0. The Morgan fingerprint density at radius 2 is 1.58 bits per heavy atom. The molecule has 5 heteroatoms. The van der Waals surface area contributed by atoms with Crippen LogP contribution in [-0.4, -0.2) is 21.6 Å². The van der Waals surface area contributed by atoms with Crippen LogP contribution in [0.2, 0.25) is 0 Å². The maximum atomic E-state index is 6.57. The van der Waals surface area contributed by atoms with Gasteiger partial charge in [-0.2, -0.15) is 0 Å². The molecular weight excluding hydrogens is 734 g/mol. The minimum absolute atomic E-state index is 0. The number of hydrogen-bond donors (Lipinski definition) is 0. The zero-order chi connectivity index (χ0) is 29.2. The molecule has 0 spiro atoms. The Morgan fingerprint density at radius 3 is 2.47 bits per heavy atom. The fraction of sp³-hybridized carbons (Fsp3) is 0.100. The molecule has 218 valence electrons. The fourth-order valence-electron chi connectivity index (χ4n) is 6.79. The fourth-order valence-corrected chi connectivity index (χ4v) is 6.79. The molecule has 3 heterocycles. The number of ether oxygens (including phenoxy) is 1. The molecule has 0 saturated heterocycles. The molecule has 0 fully saturated rings. The SMILES string of the molecule is Cc1ccnc(-c2[c-]c3c(cc2)c2ccccc2n3-c2[c-]c(C3=N[C@@H]4c5ccccc5C[C@@H]4O3)cc(-c3ccccc3)c2)c1.[Pt+2]. The number of aliphatic imine (C=N–C) groups is 1. The van der Waals surface area contributed by atoms with Gasteiger partial charge in [-0.25, -0.2) is 0 Å². The Morgan fingerprint density at radius 1 is 0.756 bits per heavy atom. The second kappa shape index (κ2) is 11.0. The number of para-hydroxylation sites is 1. The van der Waals surface area contributed by atoms with Crippen LogP contribution in [0.5, 0.6) is 0 Å². The van der Waals surface area contributed by atoms with E-state index >= 15 is 0 Å². The third-order valence-electron chi connectivity index (χ3n) is 8.87. The zero-order valence-electron chi connectivity index (χ0n) is 24.5. The van der Waals surface area contributed by atoms with Gasteiger partial charge in [-0.05, 0) is 58.0 Å². The molecule has 5 aromatic carbocycles. The van der Waals surface area contributed by atoms with Crippen molar-refractivity contribution >= 4 is 27.7 Å². The number of aromatic nitrogens is 2. The monoisotopic (exact) mass is 760 g/mol. The molecule has 9 rings (SSSR count). The van der Waals surface area contributed by atoms with Gasteiger partial charge in [0.05, 0.1) is 0 Å². The van der Waals surface area contributed by atoms with Crippen LogP contribution < -0.4 is 0 Å². The van der Waals surface area contributed by atoms with Gasteiger partial charge in [-0.1, -0.05) is 101 Å². The van der Waals surface area contributed by atoms with Gasteiger partial charge in [0.15, 0.2) is 0 Å². The molecule has 0 saturated carbocycles. The standard InChI is InChI=1S/C40H27N3O.Pt/c1-25-17-18-41-35(19-25)28-15-16-34-33-13-7-8-14-36(33)43(37(34)23-28)31-21-29(26-9-3-2-4-10-26)20-30(22-31)40-42-39-32-12-6-5-11-27(32)24-38(39)44-40;/h2-21,38-39H,24H2,1H3;/q-2;+2/t38-,39+;/m0./s1. The number of pyridine rings is 1. The van der Waals surface area contributed by atoms with E-state index in [0.29, 0.717) is 5.90 Å². The molecule has 0 unspecified atom stereocenters. The van der Waals surface area contributed by atoms with Crippen molar-refractivity contribution < 1.29 is 25.8 Å². The number of hydrogen-bond acceptors (Lipinski definition) is 3. The van der Waals surface area contributed by atoms with Gasteiger partial charge in [0.1, 0.15) is 18.0 Å². The molecule has 0 amide bonds. The summed E-state index contributed by atoms with van der Waals surface area (Å²) in [7, 11) is 0. The largest absolute Gasteiger partial charge is 2.00 e. The normalized spacial score (nSPS) is 16.6. The average Bonchev–Trinajstić information content (AvgIpc) is 3.74. The van der Waals surface area contributed by atoms with E-state index in [1.807, 2.05) is 18.3 Å². The molecule has 45 heavy (non-hydrogen) atoms. The van der Waals surface area contributed by atoms with Crippen molar-refractivity contribution in [2.24, 2.45) is 4.99 Å². The number of aryl methyl sites for hydroxylation is 1. The predicted octanol–water partition coefficient (Wildman–Crippen LogP) is 8.86. The van der Waals surface area contributed by atoms with Gasteiger partial charge in [0.25, 0.3) is 0 Å². The Kier molecular flexibility index (Phi) is 6.77. The van der Waals surface area contributed by atoms with Crippen LogP contribution in [0.4, 0.5) is 0 Å². The van der Waals surface area contributed by atoms with E-state index in [1.165, 1.54) is 22.1 Å². The second-order valence-electron chi connectivity index (χ2n) is 11.7. The summed E-state index contributed by atoms with van der Waals surface area (Å²) < 4.78 is 8.84. The van der Waals surface area contributed by atoms with E-state index < -0.39 is 0 Å². The van der Waals surface area contributed by atoms with Crippen LogP contribution in [0.25, 0.3) is 49.9 Å². The Hall–Kier alpha value is -4.79. The first-order chi connectivity index (χ1) is 21.7. The first-order valence-corrected chi connectivity index (χ1v) is 15.0. The topological polar surface area (TPSA) is 39.4 Å². The van der Waals surface area contributed by atoms with E-state index in [9.17, 15) is 0 Å². The van der Waals surface area contributed by atoms with Crippen LogP contribution in [0, 0.1) is 19.1 Å². The smallest absolute Gasteiger partial charge is 0.514 e. The van der Waals surface area contributed by atoms with Crippen molar-refractivity contribution in [1.82, 2.24) is 9.55 Å². The third kappa shape index (κ3) is 4.64. The molecule has 7 aromatic rings. The van der Waals surface area contributed by atoms with Gasteiger partial charge in [-0.3, -0.25) is 4.99 Å². The van der Waals surface area contributed by atoms with Crippen molar-refractivity contribution in [3.05, 3.63) is 156 Å². The van der Waals surface area contributed by atoms with Crippen molar-refractivity contribution in [1.29, 1.82) is 0 Å². The van der Waals surface area contributed by atoms with Gasteiger partial charge < -0.3 is 14.3 Å². The molecule has 1 aliphatic heterocycles. The van der Waals surface area contributed by atoms with Gasteiger partial charge in [0, 0.05) is 18.1 Å². The van der Waals surface area contributed by atoms with Crippen LogP contribution in [0.3, 0.4) is 0 Å². The summed E-state index contributed by atoms with van der Waals surface area (Å²) in [6.07, 6.45) is 2.75. The molecular formula is C40H27N3OPt. The van der Waals surface area contributed by atoms with E-state index in [-0.39, 0.29) is 33.2 Å². The molecule has 4 nitrogen and oxygen atoms in total. The Labute approximate surface area is 276 Å². The summed E-state index contributed by atoms with van der Waals surface area (Å²) >= 11 is 0. The van der Waals surface area contributed by atoms with Gasteiger partial charge in [-0.15, -0.1) is 42.0 Å². The predicted molar refractivity (Wildman–Crippen MR) is 176 cm³/mol. The first-order valence-electron chi connectivity index (χ1n) is 15.0. The number of rotatable bonds is 4. The van der Waals surface area contributed by atoms with Crippen molar-refractivity contribution in [3.63, 3.8) is 0 Å². The van der Waals surface area contributed by atoms with Gasteiger partial charge >= 0.3 is 21.1 Å². The molecule has 0 N–H and O–H groups in total. The average molecular weight is 761 g/mol. The summed E-state index contributed by atoms with van der Waals surface area (Å²) in [6.45, 7) is 2.09. The van der Waals surface area contributed by atoms with Crippen molar-refractivity contribution in [3.8, 4) is 28.1 Å². The number of benzene rings is 5. The maximum absolute atomic E-state index is 6.57. The second-order valence-corrected chi connectivity index (χ2v) is 11.7. The molecule has 0 radical (unpaired) electrons. The molecule has 0 bridgehead atoms. The van der Waals surface area contributed by atoms with E-state index in [0.717, 1.165) is 56.5 Å². The summed E-state index contributed by atoms with van der Waals surface area (Å²) in [5, 5.41) is 2.31. The van der Waals surface area contributed by atoms with Crippen LogP contribution in [0.15, 0.2) is 126 Å². The maximum Gasteiger partial charge on any atom is 2.00 e. The number of nitrogens with zero attached hydrogens (tertiary/aromatic N) is 3. The summed E-state index contributed by atoms with van der Waals surface area (Å²) in [6, 6.07) is 47.9. The van der Waals surface area contributed by atoms with Gasteiger partial charge in [0.2, 0.25) is 0 Å². The van der Waals surface area contributed by atoms with Crippen LogP contribution in [-0.2, 0) is 32.2 Å². The summed E-state index contributed by atoms with van der Waals surface area (Å²) in [5.41, 5.74) is 11.7. The molecule has 2 aliphatic rings. The Balaban J connectivity index is 0.00000300. The van der Waals surface area contributed by atoms with Crippen LogP contribution in [0.1, 0.15) is 28.3 Å². The molecule has 2 aromatic heterocycles. The molecule has 1 aliphatic carbocycles. The van der Waals surface area contributed by atoms with Crippen molar-refractivity contribution in [2.75, 3.05) is 0 Å². The van der Waals surface area contributed by atoms with Crippen LogP contribution >= 0.6 is 0 Å². The zero-order valence-corrected chi connectivity index (χ0v) is 26.7. The van der Waals surface area contributed by atoms with Crippen molar-refractivity contribution in [2.45, 2.75) is 25.5 Å². The molecule has 2 atom stereocenters. The third-order valence-corrected chi connectivity index (χ3v) is 8.87. The Bertz CT molecular complexity index is 2270. The number of fused-ring (bicyclic) bond motifs is 6. The van der Waals surface area contributed by atoms with E-state index in [2.05, 4.69) is 132 Å². The van der Waals surface area contributed by atoms with E-state index in [1.54, 1.807) is 0 Å². The minimum Gasteiger partial charge on any atom is -0.514 e. The summed E-state index contributed by atoms with van der Waals surface area (Å²) in [4.78, 5) is 9.80. The first kappa shape index (κ1) is 27.7. The quantitative estimate of drug-likeness (QED) is 0.168. The summed E-state index contributed by atoms with van der Waals surface area (Å²) in [5.74, 6) is 0.655.